The van der Waals surface area contributed by atoms with Crippen molar-refractivity contribution in [2.24, 2.45) is 11.8 Å². The van der Waals surface area contributed by atoms with E-state index in [9.17, 15) is 14.7 Å². The first-order valence-corrected chi connectivity index (χ1v) is 7.29. The molecule has 0 aromatic carbocycles. The second-order valence-corrected chi connectivity index (χ2v) is 6.17. The standard InChI is InChI=1S/C14H24N2O3/c1-9(2)12-4-3-7-16(12)14(19)15-11(13(17)18)8-10-5-6-10/h9-12H,3-8H2,1-2H3,(H,15,19)(H,17,18). The molecule has 5 nitrogen and oxygen atoms in total. The highest BCUT2D eigenvalue weighted by Gasteiger charge is 2.35. The lowest BCUT2D eigenvalue weighted by Crippen LogP contribution is -2.50. The molecule has 2 amide bonds. The summed E-state index contributed by atoms with van der Waals surface area (Å²) in [4.78, 5) is 25.2. The number of urea groups is 1. The summed E-state index contributed by atoms with van der Waals surface area (Å²) >= 11 is 0. The van der Waals surface area contributed by atoms with E-state index in [1.54, 1.807) is 0 Å². The van der Waals surface area contributed by atoms with E-state index in [4.69, 9.17) is 0 Å². The molecule has 1 heterocycles. The van der Waals surface area contributed by atoms with Gasteiger partial charge in [0.05, 0.1) is 0 Å². The van der Waals surface area contributed by atoms with Crippen molar-refractivity contribution >= 4 is 12.0 Å². The van der Waals surface area contributed by atoms with Crippen molar-refractivity contribution in [3.05, 3.63) is 0 Å². The lowest BCUT2D eigenvalue weighted by Gasteiger charge is -2.29. The second kappa shape index (κ2) is 5.80. The fourth-order valence-corrected chi connectivity index (χ4v) is 2.88. The number of carbonyl (C=O) groups excluding carboxylic acids is 1. The molecule has 2 rings (SSSR count). The molecule has 0 bridgehead atoms. The van der Waals surface area contributed by atoms with E-state index in [-0.39, 0.29) is 12.1 Å². The van der Waals surface area contributed by atoms with Gasteiger partial charge in [0.25, 0.3) is 0 Å². The fourth-order valence-electron chi connectivity index (χ4n) is 2.88. The van der Waals surface area contributed by atoms with Crippen molar-refractivity contribution in [1.29, 1.82) is 0 Å². The van der Waals surface area contributed by atoms with E-state index < -0.39 is 12.0 Å². The fraction of sp³-hybridized carbons (Fsp3) is 0.857. The van der Waals surface area contributed by atoms with Gasteiger partial charge in [0.15, 0.2) is 0 Å². The molecule has 1 aliphatic heterocycles. The van der Waals surface area contributed by atoms with E-state index in [0.29, 0.717) is 18.3 Å². The van der Waals surface area contributed by atoms with Gasteiger partial charge in [-0.2, -0.15) is 0 Å². The Bertz CT molecular complexity index is 353. The monoisotopic (exact) mass is 268 g/mol. The van der Waals surface area contributed by atoms with Crippen molar-refractivity contribution in [3.8, 4) is 0 Å². The molecule has 0 aromatic heterocycles. The Morgan fingerprint density at radius 2 is 2.00 bits per heavy atom. The van der Waals surface area contributed by atoms with Crippen molar-refractivity contribution < 1.29 is 14.7 Å². The quantitative estimate of drug-likeness (QED) is 0.802. The molecule has 2 aliphatic rings. The number of nitrogens with one attached hydrogen (secondary N) is 1. The number of likely N-dealkylation sites (tertiary alicyclic amines) is 1. The van der Waals surface area contributed by atoms with E-state index >= 15 is 0 Å². The van der Waals surface area contributed by atoms with Crippen LogP contribution in [0.3, 0.4) is 0 Å². The van der Waals surface area contributed by atoms with Crippen LogP contribution in [-0.4, -0.2) is 40.6 Å². The normalized spacial score (nSPS) is 24.6. The summed E-state index contributed by atoms with van der Waals surface area (Å²) in [5.74, 6) is -0.0126. The Labute approximate surface area is 114 Å². The highest BCUT2D eigenvalue weighted by atomic mass is 16.4. The van der Waals surface area contributed by atoms with Gasteiger partial charge in [0.2, 0.25) is 0 Å². The van der Waals surface area contributed by atoms with Crippen LogP contribution in [0, 0.1) is 11.8 Å². The summed E-state index contributed by atoms with van der Waals surface area (Å²) in [6, 6.07) is -0.687. The number of hydrogen-bond donors (Lipinski definition) is 2. The number of rotatable bonds is 5. The minimum atomic E-state index is -0.916. The molecule has 2 fully saturated rings. The van der Waals surface area contributed by atoms with Crippen LogP contribution in [-0.2, 0) is 4.79 Å². The maximum Gasteiger partial charge on any atom is 0.326 e. The number of carboxylic acids is 1. The van der Waals surface area contributed by atoms with Crippen LogP contribution in [0.4, 0.5) is 4.79 Å². The molecule has 19 heavy (non-hydrogen) atoms. The third-order valence-electron chi connectivity index (χ3n) is 4.19. The molecule has 108 valence electrons. The highest BCUT2D eigenvalue weighted by molar-refractivity contribution is 5.82. The van der Waals surface area contributed by atoms with Crippen LogP contribution < -0.4 is 5.32 Å². The molecule has 1 saturated carbocycles. The Kier molecular flexibility index (Phi) is 4.32. The first kappa shape index (κ1) is 14.2. The Hall–Kier alpha value is -1.26. The lowest BCUT2D eigenvalue weighted by molar-refractivity contribution is -0.139. The number of carbonyl (C=O) groups is 2. The first-order chi connectivity index (χ1) is 8.99. The molecule has 0 radical (unpaired) electrons. The predicted molar refractivity (Wildman–Crippen MR) is 71.9 cm³/mol. The van der Waals surface area contributed by atoms with Gasteiger partial charge in [-0.3, -0.25) is 0 Å². The van der Waals surface area contributed by atoms with Crippen LogP contribution >= 0.6 is 0 Å². The van der Waals surface area contributed by atoms with Crippen molar-refractivity contribution in [1.82, 2.24) is 10.2 Å². The lowest BCUT2D eigenvalue weighted by atomic mass is 10.0. The molecule has 2 N–H and O–H groups in total. The minimum Gasteiger partial charge on any atom is -0.480 e. The molecule has 5 heteroatoms. The average Bonchev–Trinajstić information content (AvgIpc) is 3.01. The molecular weight excluding hydrogens is 244 g/mol. The topological polar surface area (TPSA) is 69.6 Å². The summed E-state index contributed by atoms with van der Waals surface area (Å²) in [7, 11) is 0. The van der Waals surface area contributed by atoms with Crippen molar-refractivity contribution in [3.63, 3.8) is 0 Å². The molecule has 0 aromatic rings. The summed E-state index contributed by atoms with van der Waals surface area (Å²) in [6.07, 6.45) is 4.79. The molecule has 2 atom stereocenters. The Morgan fingerprint density at radius 1 is 1.32 bits per heavy atom. The van der Waals surface area contributed by atoms with Gasteiger partial charge in [-0.25, -0.2) is 9.59 Å². The smallest absolute Gasteiger partial charge is 0.326 e. The third kappa shape index (κ3) is 3.61. The highest BCUT2D eigenvalue weighted by Crippen LogP contribution is 2.33. The van der Waals surface area contributed by atoms with E-state index in [0.717, 1.165) is 32.2 Å². The number of hydrogen-bond acceptors (Lipinski definition) is 2. The predicted octanol–water partition coefficient (Wildman–Crippen LogP) is 2.07. The number of nitrogens with zero attached hydrogens (tertiary/aromatic N) is 1. The number of aliphatic carboxylic acids is 1. The van der Waals surface area contributed by atoms with Gasteiger partial charge in [0.1, 0.15) is 6.04 Å². The SMILES string of the molecule is CC(C)C1CCCN1C(=O)NC(CC1CC1)C(=O)O. The molecule has 2 unspecified atom stereocenters. The second-order valence-electron chi connectivity index (χ2n) is 6.17. The zero-order valence-electron chi connectivity index (χ0n) is 11.8. The van der Waals surface area contributed by atoms with Crippen molar-refractivity contribution in [2.75, 3.05) is 6.54 Å². The molecule has 0 spiro atoms. The Morgan fingerprint density at radius 3 is 2.53 bits per heavy atom. The largest absolute Gasteiger partial charge is 0.480 e. The van der Waals surface area contributed by atoms with Gasteiger partial charge < -0.3 is 15.3 Å². The van der Waals surface area contributed by atoms with E-state index in [1.807, 2.05) is 4.90 Å². The average molecular weight is 268 g/mol. The van der Waals surface area contributed by atoms with Crippen LogP contribution in [0.1, 0.15) is 46.0 Å². The maximum atomic E-state index is 12.2. The maximum absolute atomic E-state index is 12.2. The van der Waals surface area contributed by atoms with Crippen LogP contribution in [0.25, 0.3) is 0 Å². The number of carboxylic acid groups (broad SMARTS) is 1. The molecule has 1 aliphatic carbocycles. The zero-order chi connectivity index (χ0) is 14.0. The van der Waals surface area contributed by atoms with Gasteiger partial charge >= 0.3 is 12.0 Å². The van der Waals surface area contributed by atoms with Gasteiger partial charge in [-0.05, 0) is 31.1 Å². The van der Waals surface area contributed by atoms with Crippen molar-refractivity contribution in [2.45, 2.75) is 58.0 Å². The first-order valence-electron chi connectivity index (χ1n) is 7.29. The summed E-state index contributed by atoms with van der Waals surface area (Å²) in [5.41, 5.74) is 0. The molecule has 1 saturated heterocycles. The van der Waals surface area contributed by atoms with Gasteiger partial charge in [-0.1, -0.05) is 26.7 Å². The summed E-state index contributed by atoms with van der Waals surface area (Å²) in [6.45, 7) is 4.95. The van der Waals surface area contributed by atoms with E-state index in [2.05, 4.69) is 19.2 Å². The zero-order valence-corrected chi connectivity index (χ0v) is 11.8. The van der Waals surface area contributed by atoms with E-state index in [1.165, 1.54) is 0 Å². The summed E-state index contributed by atoms with van der Waals surface area (Å²) in [5, 5.41) is 11.9. The Balaban J connectivity index is 1.92. The van der Waals surface area contributed by atoms with Gasteiger partial charge in [0, 0.05) is 12.6 Å². The van der Waals surface area contributed by atoms with Crippen LogP contribution in [0.15, 0.2) is 0 Å². The third-order valence-corrected chi connectivity index (χ3v) is 4.19. The van der Waals surface area contributed by atoms with Crippen LogP contribution in [0.5, 0.6) is 0 Å². The minimum absolute atomic E-state index is 0.204. The number of amides is 2. The van der Waals surface area contributed by atoms with Crippen LogP contribution in [0.2, 0.25) is 0 Å². The van der Waals surface area contributed by atoms with Gasteiger partial charge in [-0.15, -0.1) is 0 Å². The summed E-state index contributed by atoms with van der Waals surface area (Å²) < 4.78 is 0. The molecular formula is C14H24N2O3.